The fourth-order valence-corrected chi connectivity index (χ4v) is 2.91. The van der Waals surface area contributed by atoms with Gasteiger partial charge in [-0.15, -0.1) is 0 Å². The van der Waals surface area contributed by atoms with E-state index in [1.165, 1.54) is 6.20 Å². The molecule has 1 saturated heterocycles. The van der Waals surface area contributed by atoms with Crippen LogP contribution in [0.4, 0.5) is 5.82 Å². The molecule has 1 aliphatic rings. The molecule has 1 atom stereocenters. The highest BCUT2D eigenvalue weighted by Gasteiger charge is 2.21. The minimum atomic E-state index is -1.04. The fourth-order valence-electron chi connectivity index (χ4n) is 1.64. The Morgan fingerprint density at radius 1 is 1.62 bits per heavy atom. The van der Waals surface area contributed by atoms with Crippen LogP contribution in [0.1, 0.15) is 16.9 Å². The van der Waals surface area contributed by atoms with Gasteiger partial charge in [-0.05, 0) is 12.2 Å². The molecule has 0 saturated carbocycles. The third-order valence-electron chi connectivity index (χ3n) is 2.66. The SMILES string of the molecule is CN(c1cncc(C(=O)O)n1)C1CCSC1. The molecule has 86 valence electrons. The molecule has 2 heterocycles. The highest BCUT2D eigenvalue weighted by molar-refractivity contribution is 7.99. The van der Waals surface area contributed by atoms with Crippen LogP contribution >= 0.6 is 11.8 Å². The first-order chi connectivity index (χ1) is 7.68. The Bertz CT molecular complexity index is 393. The molecular formula is C10H13N3O2S. The second kappa shape index (κ2) is 4.69. The lowest BCUT2D eigenvalue weighted by Gasteiger charge is -2.24. The number of rotatable bonds is 3. The molecule has 1 aromatic heterocycles. The minimum Gasteiger partial charge on any atom is -0.476 e. The van der Waals surface area contributed by atoms with Gasteiger partial charge in [0.15, 0.2) is 5.69 Å². The van der Waals surface area contributed by atoms with Crippen LogP contribution in [0.3, 0.4) is 0 Å². The Morgan fingerprint density at radius 2 is 2.44 bits per heavy atom. The summed E-state index contributed by atoms with van der Waals surface area (Å²) in [7, 11) is 1.94. The molecule has 1 aromatic rings. The van der Waals surface area contributed by atoms with Gasteiger partial charge in [-0.25, -0.2) is 9.78 Å². The van der Waals surface area contributed by atoms with Gasteiger partial charge in [0.1, 0.15) is 5.82 Å². The van der Waals surface area contributed by atoms with E-state index in [0.29, 0.717) is 11.9 Å². The zero-order chi connectivity index (χ0) is 11.5. The minimum absolute atomic E-state index is 0.00463. The first-order valence-electron chi connectivity index (χ1n) is 5.04. The standard InChI is InChI=1S/C10H13N3O2S/c1-13(7-2-3-16-6-7)9-5-11-4-8(12-9)10(14)15/h4-5,7H,2-3,6H2,1H3,(H,14,15). The Kier molecular flexibility index (Phi) is 3.28. The molecule has 0 spiro atoms. The summed E-state index contributed by atoms with van der Waals surface area (Å²) in [4.78, 5) is 20.8. The molecule has 1 aliphatic heterocycles. The van der Waals surface area contributed by atoms with Crippen molar-refractivity contribution in [3.63, 3.8) is 0 Å². The maximum Gasteiger partial charge on any atom is 0.356 e. The number of hydrogen-bond donors (Lipinski definition) is 1. The number of carboxylic acid groups (broad SMARTS) is 1. The molecule has 0 bridgehead atoms. The van der Waals surface area contributed by atoms with Crippen LogP contribution in [0, 0.1) is 0 Å². The van der Waals surface area contributed by atoms with E-state index in [1.54, 1.807) is 6.20 Å². The predicted octanol–water partition coefficient (Wildman–Crippen LogP) is 1.12. The Hall–Kier alpha value is -1.30. The fraction of sp³-hybridized carbons (Fsp3) is 0.500. The van der Waals surface area contributed by atoms with Gasteiger partial charge in [-0.1, -0.05) is 0 Å². The number of aromatic carboxylic acids is 1. The van der Waals surface area contributed by atoms with E-state index in [2.05, 4.69) is 9.97 Å². The van der Waals surface area contributed by atoms with Crippen molar-refractivity contribution in [3.05, 3.63) is 18.1 Å². The monoisotopic (exact) mass is 239 g/mol. The highest BCUT2D eigenvalue weighted by atomic mass is 32.2. The molecule has 5 nitrogen and oxygen atoms in total. The van der Waals surface area contributed by atoms with E-state index in [-0.39, 0.29) is 5.69 Å². The molecule has 1 N–H and O–H groups in total. The summed E-state index contributed by atoms with van der Waals surface area (Å²) in [5, 5.41) is 8.83. The van der Waals surface area contributed by atoms with Crippen LogP contribution in [-0.2, 0) is 0 Å². The molecule has 16 heavy (non-hydrogen) atoms. The van der Waals surface area contributed by atoms with Gasteiger partial charge in [-0.3, -0.25) is 4.98 Å². The second-order valence-electron chi connectivity index (χ2n) is 3.70. The summed E-state index contributed by atoms with van der Waals surface area (Å²) in [6.07, 6.45) is 3.98. The Morgan fingerprint density at radius 3 is 3.06 bits per heavy atom. The number of aromatic nitrogens is 2. The molecule has 1 fully saturated rings. The van der Waals surface area contributed by atoms with E-state index in [0.717, 1.165) is 17.9 Å². The van der Waals surface area contributed by atoms with Crippen LogP contribution in [0.25, 0.3) is 0 Å². The summed E-state index contributed by atoms with van der Waals surface area (Å²) in [6.45, 7) is 0. The average molecular weight is 239 g/mol. The average Bonchev–Trinajstić information content (AvgIpc) is 2.81. The summed E-state index contributed by atoms with van der Waals surface area (Å²) < 4.78 is 0. The number of nitrogens with zero attached hydrogens (tertiary/aromatic N) is 3. The zero-order valence-corrected chi connectivity index (χ0v) is 9.78. The predicted molar refractivity (Wildman–Crippen MR) is 63.1 cm³/mol. The Balaban J connectivity index is 2.18. The smallest absolute Gasteiger partial charge is 0.356 e. The van der Waals surface area contributed by atoms with Crippen LogP contribution in [0.5, 0.6) is 0 Å². The first kappa shape index (κ1) is 11.2. The van der Waals surface area contributed by atoms with Crippen LogP contribution in [-0.4, -0.2) is 45.6 Å². The van der Waals surface area contributed by atoms with E-state index in [4.69, 9.17) is 5.11 Å². The lowest BCUT2D eigenvalue weighted by Crippen LogP contribution is -2.32. The Labute approximate surface area is 97.9 Å². The molecule has 2 rings (SSSR count). The van der Waals surface area contributed by atoms with Gasteiger partial charge in [0, 0.05) is 18.8 Å². The molecule has 6 heteroatoms. The largest absolute Gasteiger partial charge is 0.476 e. The molecule has 0 amide bonds. The number of anilines is 1. The zero-order valence-electron chi connectivity index (χ0n) is 8.96. The molecule has 0 aliphatic carbocycles. The van der Waals surface area contributed by atoms with E-state index in [9.17, 15) is 4.79 Å². The van der Waals surface area contributed by atoms with Crippen LogP contribution < -0.4 is 4.90 Å². The third kappa shape index (κ3) is 2.27. The van der Waals surface area contributed by atoms with Crippen molar-refractivity contribution in [1.82, 2.24) is 9.97 Å². The van der Waals surface area contributed by atoms with Gasteiger partial charge in [0.2, 0.25) is 0 Å². The number of carboxylic acids is 1. The summed E-state index contributed by atoms with van der Waals surface area (Å²) >= 11 is 1.91. The number of thioether (sulfide) groups is 1. The van der Waals surface area contributed by atoms with Gasteiger partial charge in [-0.2, -0.15) is 11.8 Å². The van der Waals surface area contributed by atoms with Gasteiger partial charge in [0.25, 0.3) is 0 Å². The molecule has 1 unspecified atom stereocenters. The second-order valence-corrected chi connectivity index (χ2v) is 4.85. The van der Waals surface area contributed by atoms with E-state index < -0.39 is 5.97 Å². The van der Waals surface area contributed by atoms with E-state index >= 15 is 0 Å². The normalized spacial score (nSPS) is 19.7. The summed E-state index contributed by atoms with van der Waals surface area (Å²) in [5.41, 5.74) is -0.00463. The number of hydrogen-bond acceptors (Lipinski definition) is 5. The maximum absolute atomic E-state index is 10.8. The molecule has 0 radical (unpaired) electrons. The first-order valence-corrected chi connectivity index (χ1v) is 6.20. The van der Waals surface area contributed by atoms with Crippen molar-refractivity contribution in [2.24, 2.45) is 0 Å². The van der Waals surface area contributed by atoms with Gasteiger partial charge >= 0.3 is 5.97 Å². The highest BCUT2D eigenvalue weighted by Crippen LogP contribution is 2.24. The molecular weight excluding hydrogens is 226 g/mol. The van der Waals surface area contributed by atoms with Crippen molar-refractivity contribution in [2.45, 2.75) is 12.5 Å². The van der Waals surface area contributed by atoms with Crippen molar-refractivity contribution in [1.29, 1.82) is 0 Å². The topological polar surface area (TPSA) is 66.3 Å². The lowest BCUT2D eigenvalue weighted by molar-refractivity contribution is 0.0690. The third-order valence-corrected chi connectivity index (χ3v) is 3.80. The summed E-state index contributed by atoms with van der Waals surface area (Å²) in [5.74, 6) is 1.81. The maximum atomic E-state index is 10.8. The summed E-state index contributed by atoms with van der Waals surface area (Å²) in [6, 6.07) is 0.434. The lowest BCUT2D eigenvalue weighted by atomic mass is 10.2. The molecule has 0 aromatic carbocycles. The van der Waals surface area contributed by atoms with Crippen LogP contribution in [0.15, 0.2) is 12.4 Å². The van der Waals surface area contributed by atoms with Crippen molar-refractivity contribution in [3.8, 4) is 0 Å². The van der Waals surface area contributed by atoms with Gasteiger partial charge in [0.05, 0.1) is 12.4 Å². The van der Waals surface area contributed by atoms with Crippen LogP contribution in [0.2, 0.25) is 0 Å². The number of carbonyl (C=O) groups is 1. The van der Waals surface area contributed by atoms with Crippen molar-refractivity contribution >= 4 is 23.5 Å². The van der Waals surface area contributed by atoms with Crippen molar-refractivity contribution < 1.29 is 9.90 Å². The quantitative estimate of drug-likeness (QED) is 0.852. The van der Waals surface area contributed by atoms with Crippen molar-refractivity contribution in [2.75, 3.05) is 23.5 Å². The van der Waals surface area contributed by atoms with Gasteiger partial charge < -0.3 is 10.0 Å². The van der Waals surface area contributed by atoms with E-state index in [1.807, 2.05) is 23.7 Å².